The van der Waals surface area contributed by atoms with Gasteiger partial charge in [0.15, 0.2) is 6.17 Å². The van der Waals surface area contributed by atoms with Crippen LogP contribution < -0.4 is 21.2 Å². The molecule has 0 spiro atoms. The van der Waals surface area contributed by atoms with Crippen LogP contribution in [0.15, 0.2) is 65.7 Å². The lowest BCUT2D eigenvalue weighted by Crippen LogP contribution is -2.78. The molecule has 26 heavy (non-hydrogen) atoms. The van der Waals surface area contributed by atoms with Gasteiger partial charge in [-0.15, -0.1) is 0 Å². The monoisotopic (exact) mass is 347 g/mol. The lowest BCUT2D eigenvalue weighted by atomic mass is 10.2. The summed E-state index contributed by atoms with van der Waals surface area (Å²) in [5, 5.41) is 6.51. The summed E-state index contributed by atoms with van der Waals surface area (Å²) in [6.07, 6.45) is 3.06. The number of aromatic nitrogens is 3. The average Bonchev–Trinajstić information content (AvgIpc) is 2.67. The summed E-state index contributed by atoms with van der Waals surface area (Å²) in [6, 6.07) is 15.4. The zero-order chi connectivity index (χ0) is 17.9. The fourth-order valence-corrected chi connectivity index (χ4v) is 2.94. The van der Waals surface area contributed by atoms with Gasteiger partial charge in [0, 0.05) is 29.7 Å². The molecule has 4 rings (SSSR count). The van der Waals surface area contributed by atoms with Crippen molar-refractivity contribution in [1.29, 1.82) is 0 Å². The topological polar surface area (TPSA) is 85.8 Å². The highest BCUT2D eigenvalue weighted by atomic mass is 16.1. The molecule has 130 valence electrons. The van der Waals surface area contributed by atoms with Gasteiger partial charge in [-0.3, -0.25) is 20.1 Å². The maximum atomic E-state index is 12.5. The van der Waals surface area contributed by atoms with Gasteiger partial charge >= 0.3 is 5.96 Å². The summed E-state index contributed by atoms with van der Waals surface area (Å²) in [5.41, 5.74) is 2.58. The molecular weight excluding hydrogens is 328 g/mol. The molecule has 2 aromatic heterocycles. The molecule has 1 aliphatic rings. The SMILES string of the molecule is Cc1cc(=O)n2c(n1)NC(=[NH+]Cc1ccccc1)NC2c1cccnc1. The van der Waals surface area contributed by atoms with Crippen LogP contribution in [0.4, 0.5) is 5.95 Å². The fraction of sp³-hybridized carbons (Fsp3) is 0.158. The van der Waals surface area contributed by atoms with Gasteiger partial charge in [-0.05, 0) is 18.6 Å². The van der Waals surface area contributed by atoms with Gasteiger partial charge in [0.2, 0.25) is 0 Å². The number of benzene rings is 1. The Morgan fingerprint density at radius 3 is 2.81 bits per heavy atom. The van der Waals surface area contributed by atoms with E-state index in [2.05, 4.69) is 37.7 Å². The smallest absolute Gasteiger partial charge is 0.273 e. The first-order chi connectivity index (χ1) is 12.7. The predicted octanol–water partition coefficient (Wildman–Crippen LogP) is 0.146. The van der Waals surface area contributed by atoms with Gasteiger partial charge < -0.3 is 0 Å². The van der Waals surface area contributed by atoms with E-state index in [0.29, 0.717) is 24.1 Å². The second-order valence-electron chi connectivity index (χ2n) is 6.10. The van der Waals surface area contributed by atoms with E-state index in [-0.39, 0.29) is 11.7 Å². The van der Waals surface area contributed by atoms with Crippen LogP contribution in [0.5, 0.6) is 0 Å². The second-order valence-corrected chi connectivity index (χ2v) is 6.10. The maximum absolute atomic E-state index is 12.5. The van der Waals surface area contributed by atoms with Gasteiger partial charge in [0.1, 0.15) is 0 Å². The number of anilines is 1. The van der Waals surface area contributed by atoms with Crippen molar-refractivity contribution in [2.45, 2.75) is 19.6 Å². The summed E-state index contributed by atoms with van der Waals surface area (Å²) < 4.78 is 1.59. The molecule has 7 nitrogen and oxygen atoms in total. The van der Waals surface area contributed by atoms with Crippen LogP contribution >= 0.6 is 0 Å². The highest BCUT2D eigenvalue weighted by molar-refractivity contribution is 5.89. The third-order valence-electron chi connectivity index (χ3n) is 4.17. The van der Waals surface area contributed by atoms with E-state index < -0.39 is 0 Å². The van der Waals surface area contributed by atoms with Gasteiger partial charge in [-0.2, -0.15) is 0 Å². The minimum atomic E-state index is -0.390. The molecule has 3 aromatic rings. The Hall–Kier alpha value is -3.48. The minimum Gasteiger partial charge on any atom is -0.273 e. The molecule has 0 bridgehead atoms. The summed E-state index contributed by atoms with van der Waals surface area (Å²) >= 11 is 0. The van der Waals surface area contributed by atoms with Crippen LogP contribution in [0.2, 0.25) is 0 Å². The van der Waals surface area contributed by atoms with E-state index in [4.69, 9.17) is 0 Å². The highest BCUT2D eigenvalue weighted by Crippen LogP contribution is 2.19. The molecule has 7 heteroatoms. The Labute approximate surface area is 150 Å². The zero-order valence-electron chi connectivity index (χ0n) is 14.3. The van der Waals surface area contributed by atoms with E-state index in [0.717, 1.165) is 11.1 Å². The van der Waals surface area contributed by atoms with Crippen LogP contribution in [0.1, 0.15) is 23.0 Å². The molecule has 3 N–H and O–H groups in total. The van der Waals surface area contributed by atoms with Crippen molar-refractivity contribution < 1.29 is 4.99 Å². The van der Waals surface area contributed by atoms with Gasteiger partial charge in [0.25, 0.3) is 11.5 Å². The molecule has 1 atom stereocenters. The molecule has 0 fully saturated rings. The Balaban J connectivity index is 1.73. The summed E-state index contributed by atoms with van der Waals surface area (Å²) in [7, 11) is 0. The van der Waals surface area contributed by atoms with Crippen molar-refractivity contribution in [1.82, 2.24) is 19.9 Å². The predicted molar refractivity (Wildman–Crippen MR) is 98.5 cm³/mol. The van der Waals surface area contributed by atoms with Crippen molar-refractivity contribution in [3.05, 3.63) is 88.1 Å². The molecule has 0 aliphatic carbocycles. The Bertz CT molecular complexity index is 998. The molecule has 1 unspecified atom stereocenters. The van der Waals surface area contributed by atoms with Gasteiger partial charge in [0.05, 0.1) is 6.54 Å². The summed E-state index contributed by atoms with van der Waals surface area (Å²) in [4.78, 5) is 24.5. The first kappa shape index (κ1) is 16.0. The number of nitrogens with zero attached hydrogens (tertiary/aromatic N) is 3. The quantitative estimate of drug-likeness (QED) is 0.628. The van der Waals surface area contributed by atoms with E-state index in [1.807, 2.05) is 37.3 Å². The number of fused-ring (bicyclic) bond motifs is 1. The largest absolute Gasteiger partial charge is 0.353 e. The summed E-state index contributed by atoms with van der Waals surface area (Å²) in [6.45, 7) is 2.45. The number of hydrogen-bond acceptors (Lipinski definition) is 3. The minimum absolute atomic E-state index is 0.122. The number of pyridine rings is 1. The normalized spacial score (nSPS) is 17.3. The van der Waals surface area contributed by atoms with Crippen molar-refractivity contribution in [3.8, 4) is 0 Å². The summed E-state index contributed by atoms with van der Waals surface area (Å²) in [5.74, 6) is 1.19. The van der Waals surface area contributed by atoms with Gasteiger partial charge in [-0.1, -0.05) is 36.4 Å². The average molecular weight is 347 g/mol. The first-order valence-corrected chi connectivity index (χ1v) is 8.39. The van der Waals surface area contributed by atoms with Gasteiger partial charge in [-0.25, -0.2) is 14.9 Å². The maximum Gasteiger partial charge on any atom is 0.353 e. The number of guanidine groups is 1. The van der Waals surface area contributed by atoms with Crippen LogP contribution in [0.25, 0.3) is 0 Å². The van der Waals surface area contributed by atoms with Crippen molar-refractivity contribution in [2.75, 3.05) is 5.32 Å². The lowest BCUT2D eigenvalue weighted by molar-refractivity contribution is -0.477. The third kappa shape index (κ3) is 3.19. The van der Waals surface area contributed by atoms with Crippen LogP contribution in [0, 0.1) is 6.92 Å². The molecule has 0 saturated heterocycles. The number of aryl methyl sites for hydroxylation is 1. The van der Waals surface area contributed by atoms with Crippen molar-refractivity contribution >= 4 is 11.9 Å². The van der Waals surface area contributed by atoms with E-state index in [1.165, 1.54) is 6.07 Å². The number of hydrogen-bond donors (Lipinski definition) is 3. The Morgan fingerprint density at radius 1 is 1.19 bits per heavy atom. The Morgan fingerprint density at radius 2 is 2.04 bits per heavy atom. The van der Waals surface area contributed by atoms with Crippen LogP contribution in [0.3, 0.4) is 0 Å². The lowest BCUT2D eigenvalue weighted by Gasteiger charge is -2.25. The zero-order valence-corrected chi connectivity index (χ0v) is 14.3. The second kappa shape index (κ2) is 6.79. The van der Waals surface area contributed by atoms with Crippen molar-refractivity contribution in [3.63, 3.8) is 0 Å². The third-order valence-corrected chi connectivity index (χ3v) is 4.17. The molecule has 0 saturated carbocycles. The van der Waals surface area contributed by atoms with E-state index >= 15 is 0 Å². The standard InChI is InChI=1S/C19H18N6O/c1-13-10-16(26)25-17(15-8-5-9-20-12-15)23-18(24-19(25)22-13)21-11-14-6-3-2-4-7-14/h2-10,12,17H,11H2,1H3,(H2,21,22,23,24)/p+1. The molecule has 3 heterocycles. The fourth-order valence-electron chi connectivity index (χ4n) is 2.94. The highest BCUT2D eigenvalue weighted by Gasteiger charge is 2.31. The molecule has 1 aromatic carbocycles. The molecule has 0 amide bonds. The van der Waals surface area contributed by atoms with Crippen LogP contribution in [-0.4, -0.2) is 20.5 Å². The van der Waals surface area contributed by atoms with Crippen molar-refractivity contribution in [2.24, 2.45) is 0 Å². The molecular formula is C19H19N6O+. The Kier molecular flexibility index (Phi) is 4.18. The van der Waals surface area contributed by atoms with E-state index in [9.17, 15) is 4.79 Å². The van der Waals surface area contributed by atoms with E-state index in [1.54, 1.807) is 17.0 Å². The molecule has 0 radical (unpaired) electrons. The number of nitrogens with one attached hydrogen (secondary N) is 3. The van der Waals surface area contributed by atoms with Crippen LogP contribution in [-0.2, 0) is 6.54 Å². The number of rotatable bonds is 3. The first-order valence-electron chi connectivity index (χ1n) is 8.39. The molecule has 1 aliphatic heterocycles.